The standard InChI is InChI=1S/C12H13NO3S/c14-12(13-4-7-17-8-13)9-2-1-3-10-11(9)16-6-5-15-10/h1-3H,4-8H2. The van der Waals surface area contributed by atoms with Crippen molar-refractivity contribution in [3.05, 3.63) is 23.8 Å². The van der Waals surface area contributed by atoms with Gasteiger partial charge in [0.25, 0.3) is 5.91 Å². The molecule has 0 aromatic heterocycles. The topological polar surface area (TPSA) is 38.8 Å². The molecule has 3 rings (SSSR count). The molecule has 1 saturated heterocycles. The van der Waals surface area contributed by atoms with Crippen LogP contribution < -0.4 is 9.47 Å². The van der Waals surface area contributed by atoms with E-state index < -0.39 is 0 Å². The van der Waals surface area contributed by atoms with Crippen molar-refractivity contribution in [3.63, 3.8) is 0 Å². The van der Waals surface area contributed by atoms with Crippen molar-refractivity contribution < 1.29 is 14.3 Å². The Balaban J connectivity index is 1.94. The number of rotatable bonds is 1. The van der Waals surface area contributed by atoms with Crippen LogP contribution in [0.1, 0.15) is 10.4 Å². The summed E-state index contributed by atoms with van der Waals surface area (Å²) < 4.78 is 11.0. The molecule has 1 aromatic rings. The largest absolute Gasteiger partial charge is 0.486 e. The van der Waals surface area contributed by atoms with Crippen LogP contribution in [0.5, 0.6) is 11.5 Å². The molecule has 1 aromatic carbocycles. The van der Waals surface area contributed by atoms with E-state index in [9.17, 15) is 4.79 Å². The number of hydrogen-bond donors (Lipinski definition) is 0. The summed E-state index contributed by atoms with van der Waals surface area (Å²) in [6, 6.07) is 5.48. The molecule has 0 unspecified atom stereocenters. The number of hydrogen-bond acceptors (Lipinski definition) is 4. The molecule has 2 aliphatic rings. The summed E-state index contributed by atoms with van der Waals surface area (Å²) in [5, 5.41) is 0. The Hall–Kier alpha value is -1.36. The minimum atomic E-state index is 0.0392. The van der Waals surface area contributed by atoms with Crippen molar-refractivity contribution in [2.45, 2.75) is 0 Å². The minimum Gasteiger partial charge on any atom is -0.486 e. The Labute approximate surface area is 104 Å². The second-order valence-electron chi connectivity index (χ2n) is 3.94. The molecule has 0 aliphatic carbocycles. The van der Waals surface area contributed by atoms with Gasteiger partial charge in [0.2, 0.25) is 0 Å². The van der Waals surface area contributed by atoms with E-state index in [1.54, 1.807) is 17.8 Å². The normalized spacial score (nSPS) is 18.2. The molecule has 2 aliphatic heterocycles. The highest BCUT2D eigenvalue weighted by Gasteiger charge is 2.25. The van der Waals surface area contributed by atoms with Crippen LogP contribution in [0.15, 0.2) is 18.2 Å². The lowest BCUT2D eigenvalue weighted by Gasteiger charge is -2.22. The van der Waals surface area contributed by atoms with E-state index in [1.807, 2.05) is 17.0 Å². The first-order valence-electron chi connectivity index (χ1n) is 5.62. The second kappa shape index (κ2) is 4.49. The summed E-state index contributed by atoms with van der Waals surface area (Å²) in [6.45, 7) is 1.87. The van der Waals surface area contributed by atoms with E-state index in [0.29, 0.717) is 30.3 Å². The Kier molecular flexibility index (Phi) is 2.84. The van der Waals surface area contributed by atoms with Crippen LogP contribution in [0.3, 0.4) is 0 Å². The molecule has 4 nitrogen and oxygen atoms in total. The number of carbonyl (C=O) groups is 1. The molecular formula is C12H13NO3S. The molecule has 0 bridgehead atoms. The Bertz CT molecular complexity index is 443. The predicted octanol–water partition coefficient (Wildman–Crippen LogP) is 1.60. The number of carbonyl (C=O) groups excluding carboxylic acids is 1. The molecule has 0 N–H and O–H groups in total. The van der Waals surface area contributed by atoms with Crippen LogP contribution in [-0.2, 0) is 0 Å². The molecular weight excluding hydrogens is 238 g/mol. The van der Waals surface area contributed by atoms with Gasteiger partial charge in [0, 0.05) is 12.3 Å². The SMILES string of the molecule is O=C(c1cccc2c1OCCO2)N1CCSC1. The first-order valence-corrected chi connectivity index (χ1v) is 6.77. The third kappa shape index (κ3) is 1.95. The fourth-order valence-corrected chi connectivity index (χ4v) is 2.93. The molecule has 0 atom stereocenters. The molecule has 1 amide bonds. The molecule has 0 radical (unpaired) electrons. The van der Waals surface area contributed by atoms with Crippen molar-refractivity contribution in [1.82, 2.24) is 4.90 Å². The van der Waals surface area contributed by atoms with Gasteiger partial charge >= 0.3 is 0 Å². The maximum absolute atomic E-state index is 12.3. The predicted molar refractivity (Wildman–Crippen MR) is 65.8 cm³/mol. The molecule has 2 heterocycles. The number of nitrogens with zero attached hydrogens (tertiary/aromatic N) is 1. The summed E-state index contributed by atoms with van der Waals surface area (Å²) >= 11 is 1.78. The summed E-state index contributed by atoms with van der Waals surface area (Å²) in [4.78, 5) is 14.1. The number of thioether (sulfide) groups is 1. The molecule has 5 heteroatoms. The highest BCUT2D eigenvalue weighted by atomic mass is 32.2. The fourth-order valence-electron chi connectivity index (χ4n) is 1.99. The van der Waals surface area contributed by atoms with E-state index in [-0.39, 0.29) is 5.91 Å². The van der Waals surface area contributed by atoms with Crippen LogP contribution in [-0.4, -0.2) is 42.2 Å². The van der Waals surface area contributed by atoms with Crippen molar-refractivity contribution >= 4 is 17.7 Å². The average molecular weight is 251 g/mol. The lowest BCUT2D eigenvalue weighted by atomic mass is 10.1. The lowest BCUT2D eigenvalue weighted by Crippen LogP contribution is -2.29. The van der Waals surface area contributed by atoms with E-state index in [0.717, 1.165) is 18.2 Å². The smallest absolute Gasteiger partial charge is 0.258 e. The van der Waals surface area contributed by atoms with Crippen molar-refractivity contribution in [1.29, 1.82) is 0 Å². The second-order valence-corrected chi connectivity index (χ2v) is 5.01. The van der Waals surface area contributed by atoms with Crippen LogP contribution >= 0.6 is 11.8 Å². The molecule has 17 heavy (non-hydrogen) atoms. The fraction of sp³-hybridized carbons (Fsp3) is 0.417. The first kappa shape index (κ1) is 10.8. The summed E-state index contributed by atoms with van der Waals surface area (Å²) in [6.07, 6.45) is 0. The van der Waals surface area contributed by atoms with Crippen molar-refractivity contribution in [3.8, 4) is 11.5 Å². The highest BCUT2D eigenvalue weighted by Crippen LogP contribution is 2.34. The third-order valence-electron chi connectivity index (χ3n) is 2.84. The molecule has 0 saturated carbocycles. The van der Waals surface area contributed by atoms with Gasteiger partial charge in [-0.05, 0) is 12.1 Å². The molecule has 0 spiro atoms. The number of ether oxygens (including phenoxy) is 2. The monoisotopic (exact) mass is 251 g/mol. The van der Waals surface area contributed by atoms with E-state index in [4.69, 9.17) is 9.47 Å². The summed E-state index contributed by atoms with van der Waals surface area (Å²) in [5.41, 5.74) is 0.615. The van der Waals surface area contributed by atoms with Gasteiger partial charge in [-0.3, -0.25) is 4.79 Å². The van der Waals surface area contributed by atoms with Crippen LogP contribution in [0.4, 0.5) is 0 Å². The van der Waals surface area contributed by atoms with E-state index in [1.165, 1.54) is 0 Å². The zero-order valence-electron chi connectivity index (χ0n) is 9.35. The van der Waals surface area contributed by atoms with Gasteiger partial charge in [0.05, 0.1) is 11.4 Å². The number of fused-ring (bicyclic) bond motifs is 1. The zero-order chi connectivity index (χ0) is 11.7. The van der Waals surface area contributed by atoms with Crippen LogP contribution in [0, 0.1) is 0 Å². The van der Waals surface area contributed by atoms with Crippen molar-refractivity contribution in [2.75, 3.05) is 31.4 Å². The lowest BCUT2D eigenvalue weighted by molar-refractivity contribution is 0.0792. The molecule has 90 valence electrons. The Morgan fingerprint density at radius 2 is 2.18 bits per heavy atom. The summed E-state index contributed by atoms with van der Waals surface area (Å²) in [5.74, 6) is 3.09. The van der Waals surface area contributed by atoms with E-state index in [2.05, 4.69) is 0 Å². The quantitative estimate of drug-likeness (QED) is 0.760. The minimum absolute atomic E-state index is 0.0392. The first-order chi connectivity index (χ1) is 8.36. The number of benzene rings is 1. The maximum Gasteiger partial charge on any atom is 0.258 e. The Morgan fingerprint density at radius 1 is 1.29 bits per heavy atom. The van der Waals surface area contributed by atoms with Gasteiger partial charge < -0.3 is 14.4 Å². The van der Waals surface area contributed by atoms with Crippen LogP contribution in [0.2, 0.25) is 0 Å². The van der Waals surface area contributed by atoms with Gasteiger partial charge in [-0.2, -0.15) is 0 Å². The third-order valence-corrected chi connectivity index (χ3v) is 3.80. The van der Waals surface area contributed by atoms with Gasteiger partial charge in [-0.1, -0.05) is 6.07 Å². The van der Waals surface area contributed by atoms with Gasteiger partial charge in [-0.25, -0.2) is 0 Å². The highest BCUT2D eigenvalue weighted by molar-refractivity contribution is 7.99. The van der Waals surface area contributed by atoms with Gasteiger partial charge in [-0.15, -0.1) is 11.8 Å². The molecule has 1 fully saturated rings. The summed E-state index contributed by atoms with van der Waals surface area (Å²) in [7, 11) is 0. The maximum atomic E-state index is 12.3. The zero-order valence-corrected chi connectivity index (χ0v) is 10.2. The van der Waals surface area contributed by atoms with Crippen LogP contribution in [0.25, 0.3) is 0 Å². The van der Waals surface area contributed by atoms with Gasteiger partial charge in [0.1, 0.15) is 13.2 Å². The van der Waals surface area contributed by atoms with Crippen molar-refractivity contribution in [2.24, 2.45) is 0 Å². The number of para-hydroxylation sites is 1. The average Bonchev–Trinajstić information content (AvgIpc) is 2.91. The Morgan fingerprint density at radius 3 is 3.00 bits per heavy atom. The number of amides is 1. The van der Waals surface area contributed by atoms with E-state index >= 15 is 0 Å². The van der Waals surface area contributed by atoms with Gasteiger partial charge in [0.15, 0.2) is 11.5 Å².